The summed E-state index contributed by atoms with van der Waals surface area (Å²) in [4.78, 5) is 37.7. The minimum absolute atomic E-state index is 0.0184. The number of pyridine rings is 1. The molecule has 0 spiro atoms. The van der Waals surface area contributed by atoms with Crippen LogP contribution in [0.2, 0.25) is 0 Å². The van der Waals surface area contributed by atoms with Crippen molar-refractivity contribution in [2.24, 2.45) is 0 Å². The monoisotopic (exact) mass is 418 g/mol. The predicted octanol–water partition coefficient (Wildman–Crippen LogP) is 3.71. The first-order valence-electron chi connectivity index (χ1n) is 8.31. The van der Waals surface area contributed by atoms with Crippen molar-refractivity contribution in [1.29, 1.82) is 0 Å². The average Bonchev–Trinajstić information content (AvgIpc) is 2.66. The van der Waals surface area contributed by atoms with Gasteiger partial charge in [0.15, 0.2) is 0 Å². The van der Waals surface area contributed by atoms with E-state index in [-0.39, 0.29) is 16.7 Å². The third-order valence-corrected chi connectivity index (χ3v) is 4.39. The average molecular weight is 418 g/mol. The van der Waals surface area contributed by atoms with Gasteiger partial charge < -0.3 is 20.9 Å². The maximum absolute atomic E-state index is 12.9. The number of hydrogen-bond donors (Lipinski definition) is 4. The number of carboxylic acid groups (broad SMARTS) is 2. The summed E-state index contributed by atoms with van der Waals surface area (Å²) >= 11 is 0. The Hall–Kier alpha value is -4.08. The summed E-state index contributed by atoms with van der Waals surface area (Å²) in [5.74, 6) is -3.81. The minimum Gasteiger partial charge on any atom is -0.478 e. The van der Waals surface area contributed by atoms with Gasteiger partial charge in [-0.3, -0.25) is 4.79 Å². The fourth-order valence-electron chi connectivity index (χ4n) is 3.11. The van der Waals surface area contributed by atoms with Gasteiger partial charge in [-0.1, -0.05) is 36.4 Å². The van der Waals surface area contributed by atoms with Gasteiger partial charge in [-0.15, -0.1) is 0 Å². The van der Waals surface area contributed by atoms with Crippen LogP contribution in [-0.4, -0.2) is 27.1 Å². The third-order valence-electron chi connectivity index (χ3n) is 4.39. The lowest BCUT2D eigenvalue weighted by Gasteiger charge is -2.16. The molecule has 0 unspecified atom stereocenters. The molecule has 0 atom stereocenters. The van der Waals surface area contributed by atoms with Crippen molar-refractivity contribution in [3.05, 3.63) is 75.6 Å². The Morgan fingerprint density at radius 3 is 1.90 bits per heavy atom. The number of carboxylic acids is 2. The number of H-pyrrole nitrogens is 1. The highest BCUT2D eigenvalue weighted by Crippen LogP contribution is 2.38. The molecule has 0 aliphatic heterocycles. The van der Waals surface area contributed by atoms with Gasteiger partial charge in [0, 0.05) is 5.56 Å². The molecule has 0 aliphatic carbocycles. The summed E-state index contributed by atoms with van der Waals surface area (Å²) in [6.07, 6.45) is -4.55. The summed E-state index contributed by atoms with van der Waals surface area (Å²) < 4.78 is 38.6. The van der Waals surface area contributed by atoms with Crippen LogP contribution >= 0.6 is 0 Å². The molecule has 30 heavy (non-hydrogen) atoms. The summed E-state index contributed by atoms with van der Waals surface area (Å²) in [6, 6.07) is 9.85. The highest BCUT2D eigenvalue weighted by Gasteiger charge is 2.31. The van der Waals surface area contributed by atoms with Crippen molar-refractivity contribution < 1.29 is 33.0 Å². The summed E-state index contributed by atoms with van der Waals surface area (Å²) in [6.45, 7) is 0. The summed E-state index contributed by atoms with van der Waals surface area (Å²) in [7, 11) is 0. The lowest BCUT2D eigenvalue weighted by atomic mass is 9.89. The number of aromatic amines is 1. The number of benzene rings is 2. The molecule has 0 saturated heterocycles. The van der Waals surface area contributed by atoms with E-state index in [0.29, 0.717) is 0 Å². The fourth-order valence-corrected chi connectivity index (χ4v) is 3.11. The molecule has 7 nitrogen and oxygen atoms in total. The zero-order chi connectivity index (χ0) is 22.2. The van der Waals surface area contributed by atoms with E-state index in [1.54, 1.807) is 0 Å². The molecule has 1 aromatic heterocycles. The van der Waals surface area contributed by atoms with Crippen LogP contribution in [0.4, 0.5) is 19.0 Å². The Morgan fingerprint density at radius 1 is 0.867 bits per heavy atom. The molecule has 0 amide bonds. The maximum atomic E-state index is 12.9. The maximum Gasteiger partial charge on any atom is 0.416 e. The molecular weight excluding hydrogens is 405 g/mol. The molecule has 0 radical (unpaired) electrons. The summed E-state index contributed by atoms with van der Waals surface area (Å²) in [5.41, 5.74) is 2.21. The first-order chi connectivity index (χ1) is 14.0. The van der Waals surface area contributed by atoms with E-state index in [2.05, 4.69) is 0 Å². The van der Waals surface area contributed by atoms with Gasteiger partial charge in [0.2, 0.25) is 0 Å². The Kier molecular flexibility index (Phi) is 5.09. The lowest BCUT2D eigenvalue weighted by Crippen LogP contribution is -2.24. The number of carbonyl (C=O) groups is 2. The zero-order valence-electron chi connectivity index (χ0n) is 14.9. The normalized spacial score (nSPS) is 11.3. The fraction of sp³-hybridized carbons (Fsp3) is 0.0500. The van der Waals surface area contributed by atoms with Crippen molar-refractivity contribution >= 4 is 17.8 Å². The smallest absolute Gasteiger partial charge is 0.416 e. The van der Waals surface area contributed by atoms with Crippen molar-refractivity contribution in [2.75, 3.05) is 5.73 Å². The van der Waals surface area contributed by atoms with E-state index < -0.39 is 51.7 Å². The zero-order valence-corrected chi connectivity index (χ0v) is 14.9. The SMILES string of the molecule is Nc1[nH]c(=O)c(C(=O)O)c(-c2ccccc2-c2ccc(C(F)(F)F)cc2)c1C(=O)O. The molecular formula is C20H13F3N2O5. The molecule has 2 aromatic carbocycles. The number of hydrogen-bond acceptors (Lipinski definition) is 4. The van der Waals surface area contributed by atoms with Crippen LogP contribution in [0.25, 0.3) is 22.3 Å². The highest BCUT2D eigenvalue weighted by molar-refractivity contribution is 6.09. The van der Waals surface area contributed by atoms with E-state index in [1.807, 2.05) is 4.98 Å². The highest BCUT2D eigenvalue weighted by atomic mass is 19.4. The second kappa shape index (κ2) is 7.39. The van der Waals surface area contributed by atoms with Gasteiger partial charge in [0.25, 0.3) is 5.56 Å². The molecule has 0 saturated carbocycles. The standard InChI is InChI=1S/C20H13F3N2O5/c21-20(22,23)10-7-5-9(6-8-10)11-3-1-2-4-12(11)13-14(18(27)28)16(24)25-17(26)15(13)19(29)30/h1-8H,(H,27,28)(H,29,30)(H3,24,25,26). The van der Waals surface area contributed by atoms with E-state index in [1.165, 1.54) is 36.4 Å². The topological polar surface area (TPSA) is 133 Å². The van der Waals surface area contributed by atoms with Crippen LogP contribution in [0.3, 0.4) is 0 Å². The number of nitrogens with one attached hydrogen (secondary N) is 1. The molecule has 5 N–H and O–H groups in total. The van der Waals surface area contributed by atoms with Crippen molar-refractivity contribution in [3.8, 4) is 22.3 Å². The minimum atomic E-state index is -4.55. The molecule has 154 valence electrons. The first kappa shape index (κ1) is 20.6. The second-order valence-corrected chi connectivity index (χ2v) is 6.22. The number of rotatable bonds is 4. The van der Waals surface area contributed by atoms with Crippen LogP contribution in [-0.2, 0) is 6.18 Å². The number of nitrogens with two attached hydrogens (primary N) is 1. The van der Waals surface area contributed by atoms with E-state index in [0.717, 1.165) is 12.1 Å². The number of halogens is 3. The van der Waals surface area contributed by atoms with Gasteiger partial charge in [-0.2, -0.15) is 13.2 Å². The lowest BCUT2D eigenvalue weighted by molar-refractivity contribution is -0.137. The van der Waals surface area contributed by atoms with Crippen LogP contribution in [0.5, 0.6) is 0 Å². The number of alkyl halides is 3. The van der Waals surface area contributed by atoms with E-state index in [9.17, 15) is 37.8 Å². The first-order valence-corrected chi connectivity index (χ1v) is 8.31. The molecule has 3 rings (SSSR count). The van der Waals surface area contributed by atoms with E-state index in [4.69, 9.17) is 5.73 Å². The van der Waals surface area contributed by atoms with Gasteiger partial charge in [0.05, 0.1) is 5.56 Å². The van der Waals surface area contributed by atoms with Gasteiger partial charge in [-0.05, 0) is 28.8 Å². The van der Waals surface area contributed by atoms with Gasteiger partial charge in [-0.25, -0.2) is 9.59 Å². The molecule has 0 fully saturated rings. The van der Waals surface area contributed by atoms with Crippen molar-refractivity contribution in [3.63, 3.8) is 0 Å². The Morgan fingerprint density at radius 2 is 1.40 bits per heavy atom. The van der Waals surface area contributed by atoms with Crippen LogP contribution in [0.1, 0.15) is 26.3 Å². The Balaban J connectivity index is 2.36. The van der Waals surface area contributed by atoms with Crippen LogP contribution in [0, 0.1) is 0 Å². The Labute approximate surface area is 166 Å². The van der Waals surface area contributed by atoms with E-state index >= 15 is 0 Å². The quantitative estimate of drug-likeness (QED) is 0.511. The third kappa shape index (κ3) is 3.62. The summed E-state index contributed by atoms with van der Waals surface area (Å²) in [5, 5.41) is 19.1. The van der Waals surface area contributed by atoms with Gasteiger partial charge >= 0.3 is 18.1 Å². The number of aromatic nitrogens is 1. The predicted molar refractivity (Wildman–Crippen MR) is 101 cm³/mol. The second-order valence-electron chi connectivity index (χ2n) is 6.22. The van der Waals surface area contributed by atoms with Crippen LogP contribution < -0.4 is 11.3 Å². The number of aromatic carboxylic acids is 2. The Bertz CT molecular complexity index is 1210. The van der Waals surface area contributed by atoms with Crippen molar-refractivity contribution in [1.82, 2.24) is 4.98 Å². The molecule has 1 heterocycles. The van der Waals surface area contributed by atoms with Crippen LogP contribution in [0.15, 0.2) is 53.3 Å². The van der Waals surface area contributed by atoms with Crippen molar-refractivity contribution in [2.45, 2.75) is 6.18 Å². The van der Waals surface area contributed by atoms with Gasteiger partial charge in [0.1, 0.15) is 16.9 Å². The molecule has 0 aliphatic rings. The number of nitrogen functional groups attached to an aromatic ring is 1. The largest absolute Gasteiger partial charge is 0.478 e. The molecule has 10 heteroatoms. The molecule has 0 bridgehead atoms. The number of anilines is 1. The molecule has 3 aromatic rings.